The summed E-state index contributed by atoms with van der Waals surface area (Å²) in [6, 6.07) is 1.34. The lowest BCUT2D eigenvalue weighted by molar-refractivity contribution is -0.766. The number of nitrogen functional groups attached to an aromatic ring is 1. The predicted octanol–water partition coefficient (Wildman–Crippen LogP) is -1.47. The lowest BCUT2D eigenvalue weighted by Gasteiger charge is -2.26. The van der Waals surface area contributed by atoms with Crippen LogP contribution in [0.5, 0.6) is 0 Å². The fraction of sp³-hybridized carbons (Fsp3) is 0.586. The van der Waals surface area contributed by atoms with Crippen LogP contribution < -0.4 is 20.5 Å². The highest BCUT2D eigenvalue weighted by Gasteiger charge is 2.51. The van der Waals surface area contributed by atoms with E-state index in [2.05, 4.69) is 29.1 Å². The standard InChI is InChI=1S/C29H42N7O20P3/c1-29(2,3)54-28(42)31-6-4-5-14-7-15(27(40)41)9-35(8-14)25-21(39)19(37)16(52-25)10-50-58(46,47)56-59(48,49)51-11-17-20(38)22(55-57(43,44)45)26(53-17)36-13-34-18-23(30)32-12-33-24(18)36/h7-9,12-13,16-17,19-22,25-26,37-39H,4-6,10-11H2,1-3H3,(H7-,30,31,32,33,40,41,42,43,44,45,46,47,48,49)/t16-,17+,19-,20+,21-,22+,25-,26+/m0/s1. The van der Waals surface area contributed by atoms with E-state index in [-0.39, 0.29) is 35.5 Å². The molecule has 2 unspecified atom stereocenters. The van der Waals surface area contributed by atoms with Gasteiger partial charge < -0.3 is 69.8 Å². The van der Waals surface area contributed by atoms with E-state index < -0.39 is 103 Å². The van der Waals surface area contributed by atoms with Gasteiger partial charge in [-0.25, -0.2) is 38.0 Å². The number of aliphatic hydroxyl groups excluding tert-OH is 3. The number of anilines is 1. The van der Waals surface area contributed by atoms with Crippen molar-refractivity contribution in [3.63, 3.8) is 0 Å². The zero-order chi connectivity index (χ0) is 43.7. The molecule has 30 heteroatoms. The summed E-state index contributed by atoms with van der Waals surface area (Å²) in [4.78, 5) is 77.3. The van der Waals surface area contributed by atoms with Gasteiger partial charge in [0, 0.05) is 12.1 Å². The Bertz CT molecular complexity index is 2150. The number of hydrogen-bond donors (Lipinski definition) is 9. The first-order valence-corrected chi connectivity index (χ1v) is 21.7. The molecule has 1 amide bonds. The number of phosphoric ester groups is 3. The second-order valence-corrected chi connectivity index (χ2v) is 18.2. The third-order valence-corrected chi connectivity index (χ3v) is 11.5. The van der Waals surface area contributed by atoms with E-state index >= 15 is 0 Å². The highest BCUT2D eigenvalue weighted by Crippen LogP contribution is 2.58. The molecule has 3 aromatic heterocycles. The van der Waals surface area contributed by atoms with Gasteiger partial charge in [0.25, 0.3) is 14.1 Å². The van der Waals surface area contributed by atoms with E-state index in [1.807, 2.05) is 0 Å². The minimum atomic E-state index is -5.85. The van der Waals surface area contributed by atoms with Crippen molar-refractivity contribution in [2.45, 2.75) is 88.3 Å². The molecule has 10 N–H and O–H groups in total. The lowest BCUT2D eigenvalue weighted by atomic mass is 10.1. The van der Waals surface area contributed by atoms with Gasteiger partial charge in [-0.2, -0.15) is 4.57 Å². The van der Waals surface area contributed by atoms with Crippen LogP contribution in [0.4, 0.5) is 10.6 Å². The second-order valence-electron chi connectivity index (χ2n) is 14.1. The van der Waals surface area contributed by atoms with Crippen LogP contribution in [0, 0.1) is 0 Å². The number of nitrogens with one attached hydrogen (secondary N) is 1. The highest BCUT2D eigenvalue weighted by molar-refractivity contribution is 7.60. The maximum absolute atomic E-state index is 12.7. The summed E-state index contributed by atoms with van der Waals surface area (Å²) in [5, 5.41) is 44.5. The van der Waals surface area contributed by atoms with Crippen LogP contribution in [0.2, 0.25) is 0 Å². The summed E-state index contributed by atoms with van der Waals surface area (Å²) in [5.41, 5.74) is 5.25. The van der Waals surface area contributed by atoms with Crippen molar-refractivity contribution in [1.29, 1.82) is 0 Å². The van der Waals surface area contributed by atoms with Crippen LogP contribution in [-0.4, -0.2) is 129 Å². The summed E-state index contributed by atoms with van der Waals surface area (Å²) in [7, 11) is -16.8. The van der Waals surface area contributed by atoms with Gasteiger partial charge in [0.15, 0.2) is 36.2 Å². The minimum absolute atomic E-state index is 0.0272. The van der Waals surface area contributed by atoms with E-state index in [9.17, 15) is 63.3 Å². The minimum Gasteiger partial charge on any atom is -0.756 e. The molecule has 0 aromatic carbocycles. The van der Waals surface area contributed by atoms with Gasteiger partial charge in [-0.3, -0.25) is 18.2 Å². The molecule has 27 nitrogen and oxygen atoms in total. The number of nitrogens with zero attached hydrogens (tertiary/aromatic N) is 5. The maximum Gasteiger partial charge on any atom is 0.478 e. The number of carbonyl (C=O) groups is 2. The molecule has 2 fully saturated rings. The van der Waals surface area contributed by atoms with Crippen molar-refractivity contribution >= 4 is 52.5 Å². The number of pyridine rings is 1. The van der Waals surface area contributed by atoms with Crippen molar-refractivity contribution in [2.24, 2.45) is 0 Å². The van der Waals surface area contributed by atoms with Gasteiger partial charge in [-0.15, -0.1) is 0 Å². The molecule has 0 aliphatic carbocycles. The molecule has 328 valence electrons. The van der Waals surface area contributed by atoms with Crippen molar-refractivity contribution in [3.05, 3.63) is 42.2 Å². The van der Waals surface area contributed by atoms with Crippen LogP contribution in [-0.2, 0) is 52.2 Å². The molecule has 0 spiro atoms. The van der Waals surface area contributed by atoms with Crippen LogP contribution in [0.15, 0.2) is 31.1 Å². The van der Waals surface area contributed by atoms with Crippen molar-refractivity contribution in [1.82, 2.24) is 24.8 Å². The molecule has 2 aliphatic heterocycles. The molecule has 5 heterocycles. The molecule has 3 aromatic rings. The van der Waals surface area contributed by atoms with Gasteiger partial charge >= 0.3 is 27.7 Å². The molecule has 2 aliphatic rings. The first-order chi connectivity index (χ1) is 27.3. The van der Waals surface area contributed by atoms with E-state index in [1.165, 1.54) is 12.3 Å². The normalized spacial score (nSPS) is 27.0. The number of amides is 1. The number of carboxylic acids is 1. The zero-order valence-corrected chi connectivity index (χ0v) is 33.8. The number of nitrogens with two attached hydrogens (primary N) is 1. The fourth-order valence-corrected chi connectivity index (χ4v) is 8.49. The Morgan fingerprint density at radius 2 is 1.68 bits per heavy atom. The van der Waals surface area contributed by atoms with E-state index in [4.69, 9.17) is 29.0 Å². The monoisotopic (exact) mass is 901 g/mol. The van der Waals surface area contributed by atoms with Crippen LogP contribution in [0.25, 0.3) is 11.2 Å². The van der Waals surface area contributed by atoms with Crippen LogP contribution >= 0.6 is 23.5 Å². The zero-order valence-electron chi connectivity index (χ0n) is 31.1. The lowest BCUT2D eigenvalue weighted by Crippen LogP contribution is -2.46. The summed E-state index contributed by atoms with van der Waals surface area (Å²) < 4.78 is 73.8. The quantitative estimate of drug-likeness (QED) is 0.0424. The smallest absolute Gasteiger partial charge is 0.478 e. The Morgan fingerprint density at radius 3 is 2.34 bits per heavy atom. The van der Waals surface area contributed by atoms with Crippen molar-refractivity contribution < 1.29 is 99.9 Å². The Morgan fingerprint density at radius 1 is 1.00 bits per heavy atom. The number of carbonyl (C=O) groups excluding carboxylic acids is 1. The van der Waals surface area contributed by atoms with E-state index in [1.54, 1.807) is 20.8 Å². The fourth-order valence-electron chi connectivity index (χ4n) is 5.89. The SMILES string of the molecule is CC(C)(C)OC(=O)NCCCc1cc(C(=O)O)c[n+]([C@H]2O[C@@H](COP(=O)(O)OP(=O)([O-])OC[C@H]3O[C@@H](n4cnc5c(N)ncnc54)[C@H](OP(=O)(O)O)[C@@H]3O)[C@H](O)[C@@H]2O)c1. The number of aliphatic hydroxyl groups is 3. The highest BCUT2D eigenvalue weighted by atomic mass is 31.3. The molecule has 59 heavy (non-hydrogen) atoms. The second kappa shape index (κ2) is 18.2. The Balaban J connectivity index is 1.18. The first-order valence-electron chi connectivity index (χ1n) is 17.2. The third kappa shape index (κ3) is 12.3. The number of phosphoric acid groups is 3. The van der Waals surface area contributed by atoms with Crippen molar-refractivity contribution in [3.8, 4) is 0 Å². The Kier molecular flexibility index (Phi) is 14.3. The number of imidazole rings is 1. The molecule has 0 radical (unpaired) electrons. The Hall–Kier alpha value is -3.59. The summed E-state index contributed by atoms with van der Waals surface area (Å²) in [5.74, 6) is -1.43. The van der Waals surface area contributed by atoms with Gasteiger partial charge in [0.05, 0.1) is 19.5 Å². The number of carboxylic acid groups (broad SMARTS) is 1. The van der Waals surface area contributed by atoms with Crippen molar-refractivity contribution in [2.75, 3.05) is 25.5 Å². The average molecular weight is 902 g/mol. The third-order valence-electron chi connectivity index (χ3n) is 8.37. The topological polar surface area (TPSA) is 400 Å². The molecule has 0 saturated carbocycles. The molecular weight excluding hydrogens is 859 g/mol. The molecule has 5 rings (SSSR count). The van der Waals surface area contributed by atoms with Gasteiger partial charge in [0.2, 0.25) is 0 Å². The number of aryl methyl sites for hydroxylation is 1. The molecular formula is C29H42N7O20P3. The Labute approximate surface area is 333 Å². The number of alkyl carbamates (subject to hydrolysis) is 1. The number of aromatic carboxylic acids is 1. The predicted molar refractivity (Wildman–Crippen MR) is 189 cm³/mol. The van der Waals surface area contributed by atoms with Gasteiger partial charge in [-0.05, 0) is 39.7 Å². The van der Waals surface area contributed by atoms with Gasteiger partial charge in [0.1, 0.15) is 53.5 Å². The first kappa shape index (κ1) is 46.5. The van der Waals surface area contributed by atoms with Crippen LogP contribution in [0.1, 0.15) is 55.6 Å². The van der Waals surface area contributed by atoms with E-state index in [0.717, 1.165) is 28.0 Å². The summed E-state index contributed by atoms with van der Waals surface area (Å²) >= 11 is 0. The maximum atomic E-state index is 12.7. The summed E-state index contributed by atoms with van der Waals surface area (Å²) in [6.07, 6.45) is -9.42. The molecule has 2 saturated heterocycles. The average Bonchev–Trinajstić information content (AvgIpc) is 3.76. The number of fused-ring (bicyclic) bond motifs is 1. The number of hydrogen-bond acceptors (Lipinski definition) is 20. The largest absolute Gasteiger partial charge is 0.756 e. The number of aromatic nitrogens is 5. The number of ether oxygens (including phenoxy) is 3. The summed E-state index contributed by atoms with van der Waals surface area (Å²) in [6.45, 7) is 3.01. The van der Waals surface area contributed by atoms with E-state index in [0.29, 0.717) is 12.0 Å². The molecule has 10 atom stereocenters. The van der Waals surface area contributed by atoms with Gasteiger partial charge in [-0.1, -0.05) is 0 Å². The van der Waals surface area contributed by atoms with Crippen LogP contribution in [0.3, 0.4) is 0 Å². The molecule has 0 bridgehead atoms. The number of rotatable bonds is 17.